The third kappa shape index (κ3) is 5.94. The molecule has 0 amide bonds. The van der Waals surface area contributed by atoms with Gasteiger partial charge in [0.25, 0.3) is 0 Å². The number of aliphatic imine (C=N–C) groups is 1. The summed E-state index contributed by atoms with van der Waals surface area (Å²) >= 11 is 0. The van der Waals surface area contributed by atoms with E-state index >= 15 is 0 Å². The van der Waals surface area contributed by atoms with Crippen LogP contribution in [0.25, 0.3) is 5.57 Å². The first-order valence-electron chi connectivity index (χ1n) is 7.02. The highest BCUT2D eigenvalue weighted by atomic mass is 19.1. The van der Waals surface area contributed by atoms with Crippen molar-refractivity contribution < 1.29 is 8.78 Å². The standard InChI is InChI=1S/C17H20F2N4/c1-10(2)17(22)23-16(21)7-5-13(20)8-11(3)14-6-4-12(18)9-15(14)19/h4-7,9-10,20H,3,8H2,1-2H3,(H3,21,22,23)/b7-5-,20-13?. The number of nitrogens with zero attached hydrogens (tertiary/aromatic N) is 1. The Bertz CT molecular complexity index is 688. The second-order valence-corrected chi connectivity index (χ2v) is 5.34. The molecule has 0 aliphatic rings. The zero-order chi connectivity index (χ0) is 17.6. The molecule has 0 saturated carbocycles. The van der Waals surface area contributed by atoms with Gasteiger partial charge in [-0.1, -0.05) is 20.4 Å². The molecule has 6 heteroatoms. The quantitative estimate of drug-likeness (QED) is 0.538. The molecule has 0 heterocycles. The van der Waals surface area contributed by atoms with Gasteiger partial charge >= 0.3 is 0 Å². The van der Waals surface area contributed by atoms with Gasteiger partial charge in [-0.3, -0.25) is 5.41 Å². The normalized spacial score (nSPS) is 12.0. The van der Waals surface area contributed by atoms with E-state index in [0.29, 0.717) is 11.4 Å². The molecule has 4 N–H and O–H groups in total. The highest BCUT2D eigenvalue weighted by Gasteiger charge is 2.08. The van der Waals surface area contributed by atoms with Crippen LogP contribution in [-0.2, 0) is 0 Å². The molecule has 122 valence electrons. The van der Waals surface area contributed by atoms with E-state index in [1.54, 1.807) is 0 Å². The predicted octanol–water partition coefficient (Wildman–Crippen LogP) is 3.93. The first-order valence-corrected chi connectivity index (χ1v) is 7.02. The summed E-state index contributed by atoms with van der Waals surface area (Å²) in [7, 11) is 0. The Hall–Kier alpha value is -2.63. The van der Waals surface area contributed by atoms with Gasteiger partial charge in [0.15, 0.2) is 0 Å². The Morgan fingerprint density at radius 1 is 1.30 bits per heavy atom. The third-order valence-corrected chi connectivity index (χ3v) is 3.00. The molecule has 0 bridgehead atoms. The van der Waals surface area contributed by atoms with Crippen LogP contribution in [0.4, 0.5) is 8.78 Å². The molecule has 0 unspecified atom stereocenters. The lowest BCUT2D eigenvalue weighted by molar-refractivity contribution is 0.581. The van der Waals surface area contributed by atoms with Crippen molar-refractivity contribution in [2.75, 3.05) is 0 Å². The van der Waals surface area contributed by atoms with Crippen LogP contribution in [0.1, 0.15) is 25.8 Å². The molecule has 1 aromatic carbocycles. The van der Waals surface area contributed by atoms with Gasteiger partial charge in [0.2, 0.25) is 0 Å². The van der Waals surface area contributed by atoms with Gasteiger partial charge in [-0.2, -0.15) is 0 Å². The maximum atomic E-state index is 13.6. The fraction of sp³-hybridized carbons (Fsp3) is 0.235. The van der Waals surface area contributed by atoms with E-state index in [0.717, 1.165) is 12.1 Å². The Balaban J connectivity index is 2.69. The average Bonchev–Trinajstić information content (AvgIpc) is 2.44. The Morgan fingerprint density at radius 3 is 2.52 bits per heavy atom. The lowest BCUT2D eigenvalue weighted by Gasteiger charge is -2.06. The van der Waals surface area contributed by atoms with Crippen molar-refractivity contribution in [1.82, 2.24) is 0 Å². The number of halogens is 2. The second-order valence-electron chi connectivity index (χ2n) is 5.34. The Kier molecular flexibility index (Phi) is 6.50. The van der Waals surface area contributed by atoms with Crippen LogP contribution in [0.15, 0.2) is 41.9 Å². The van der Waals surface area contributed by atoms with E-state index in [1.165, 1.54) is 18.2 Å². The Morgan fingerprint density at radius 2 is 1.96 bits per heavy atom. The molecular formula is C17H20F2N4. The summed E-state index contributed by atoms with van der Waals surface area (Å²) in [6.07, 6.45) is 2.80. The third-order valence-electron chi connectivity index (χ3n) is 3.00. The summed E-state index contributed by atoms with van der Waals surface area (Å²) in [5.74, 6) is -1.08. The molecule has 23 heavy (non-hydrogen) atoms. The monoisotopic (exact) mass is 318 g/mol. The average molecular weight is 318 g/mol. The van der Waals surface area contributed by atoms with E-state index in [4.69, 9.17) is 16.6 Å². The molecular weight excluding hydrogens is 298 g/mol. The Labute approximate surface area is 134 Å². The number of benzene rings is 1. The summed E-state index contributed by atoms with van der Waals surface area (Å²) < 4.78 is 26.5. The molecule has 0 aliphatic heterocycles. The molecule has 0 aromatic heterocycles. The molecule has 0 radical (unpaired) electrons. The molecule has 0 fully saturated rings. The van der Waals surface area contributed by atoms with Crippen LogP contribution in [-0.4, -0.2) is 17.4 Å². The van der Waals surface area contributed by atoms with Gasteiger partial charge in [-0.25, -0.2) is 13.8 Å². The number of rotatable bonds is 6. The summed E-state index contributed by atoms with van der Waals surface area (Å²) in [6.45, 7) is 7.44. The number of hydrogen-bond acceptors (Lipinski definition) is 2. The van der Waals surface area contributed by atoms with E-state index < -0.39 is 11.6 Å². The number of amidine groups is 2. The van der Waals surface area contributed by atoms with Crippen molar-refractivity contribution in [3.63, 3.8) is 0 Å². The zero-order valence-corrected chi connectivity index (χ0v) is 13.2. The number of nitrogens with one attached hydrogen (secondary N) is 2. The highest BCUT2D eigenvalue weighted by Crippen LogP contribution is 2.21. The number of hydrogen-bond donors (Lipinski definition) is 3. The molecule has 1 aromatic rings. The fourth-order valence-electron chi connectivity index (χ4n) is 1.65. The number of allylic oxidation sites excluding steroid dienone is 2. The van der Waals surface area contributed by atoms with Gasteiger partial charge in [-0.15, -0.1) is 0 Å². The molecule has 4 nitrogen and oxygen atoms in total. The molecule has 0 saturated heterocycles. The van der Waals surface area contributed by atoms with Gasteiger partial charge in [0.05, 0.1) is 0 Å². The van der Waals surface area contributed by atoms with Gasteiger partial charge in [-0.05, 0) is 29.9 Å². The minimum absolute atomic E-state index is 0.0319. The van der Waals surface area contributed by atoms with Crippen molar-refractivity contribution >= 4 is 23.0 Å². The smallest absolute Gasteiger partial charge is 0.146 e. The van der Waals surface area contributed by atoms with E-state index in [1.807, 2.05) is 13.8 Å². The summed E-state index contributed by atoms with van der Waals surface area (Å²) in [6, 6.07) is 3.21. The van der Waals surface area contributed by atoms with Crippen molar-refractivity contribution in [2.45, 2.75) is 20.3 Å². The van der Waals surface area contributed by atoms with Crippen LogP contribution in [0.2, 0.25) is 0 Å². The van der Waals surface area contributed by atoms with Crippen molar-refractivity contribution in [3.05, 3.63) is 54.1 Å². The maximum Gasteiger partial charge on any atom is 0.146 e. The maximum absolute atomic E-state index is 13.6. The predicted molar refractivity (Wildman–Crippen MR) is 91.1 cm³/mol. The van der Waals surface area contributed by atoms with Crippen molar-refractivity contribution in [3.8, 4) is 0 Å². The summed E-state index contributed by atoms with van der Waals surface area (Å²) in [4.78, 5) is 3.88. The molecule has 0 atom stereocenters. The topological polar surface area (TPSA) is 86.1 Å². The van der Waals surface area contributed by atoms with E-state index in [-0.39, 0.29) is 29.4 Å². The first-order chi connectivity index (χ1) is 10.7. The lowest BCUT2D eigenvalue weighted by Crippen LogP contribution is -2.20. The summed E-state index contributed by atoms with van der Waals surface area (Å²) in [5, 5.41) is 15.5. The van der Waals surface area contributed by atoms with Crippen LogP contribution >= 0.6 is 0 Å². The molecule has 0 aliphatic carbocycles. The fourth-order valence-corrected chi connectivity index (χ4v) is 1.65. The lowest BCUT2D eigenvalue weighted by atomic mass is 10.0. The second kappa shape index (κ2) is 8.12. The van der Waals surface area contributed by atoms with Crippen LogP contribution in [0.5, 0.6) is 0 Å². The van der Waals surface area contributed by atoms with Crippen LogP contribution < -0.4 is 5.73 Å². The van der Waals surface area contributed by atoms with Gasteiger partial charge < -0.3 is 11.1 Å². The SMILES string of the molecule is C=C(CC(=N)/C=C\C(=N)N=C(N)C(C)C)c1ccc(F)cc1F. The first kappa shape index (κ1) is 18.4. The van der Waals surface area contributed by atoms with Crippen molar-refractivity contribution in [2.24, 2.45) is 16.6 Å². The van der Waals surface area contributed by atoms with Crippen LogP contribution in [0, 0.1) is 28.4 Å². The molecule has 0 spiro atoms. The largest absolute Gasteiger partial charge is 0.387 e. The minimum Gasteiger partial charge on any atom is -0.387 e. The van der Waals surface area contributed by atoms with Gasteiger partial charge in [0.1, 0.15) is 23.3 Å². The highest BCUT2D eigenvalue weighted by molar-refractivity contribution is 6.06. The van der Waals surface area contributed by atoms with E-state index in [9.17, 15) is 8.78 Å². The van der Waals surface area contributed by atoms with Crippen molar-refractivity contribution in [1.29, 1.82) is 10.8 Å². The van der Waals surface area contributed by atoms with Crippen LogP contribution in [0.3, 0.4) is 0 Å². The van der Waals surface area contributed by atoms with Gasteiger partial charge in [0, 0.05) is 29.7 Å². The van der Waals surface area contributed by atoms with E-state index in [2.05, 4.69) is 11.6 Å². The zero-order valence-electron chi connectivity index (χ0n) is 13.2. The number of nitrogens with two attached hydrogens (primary N) is 1. The minimum atomic E-state index is -0.714. The molecule has 1 rings (SSSR count). The summed E-state index contributed by atoms with van der Waals surface area (Å²) in [5.41, 5.74) is 6.29.